The molecule has 5 rings (SSSR count). The van der Waals surface area contributed by atoms with Crippen LogP contribution in [0.5, 0.6) is 0 Å². The number of carboxylic acids is 1. The van der Waals surface area contributed by atoms with Gasteiger partial charge < -0.3 is 15.2 Å². The van der Waals surface area contributed by atoms with Crippen LogP contribution in [0.4, 0.5) is 13.2 Å². The summed E-state index contributed by atoms with van der Waals surface area (Å²) in [6.45, 7) is 0.0787. The molecule has 1 aliphatic heterocycles. The number of rotatable bonds is 6. The second-order valence-electron chi connectivity index (χ2n) is 9.55. The van der Waals surface area contributed by atoms with Crippen molar-refractivity contribution >= 4 is 5.97 Å². The van der Waals surface area contributed by atoms with Crippen LogP contribution in [0.25, 0.3) is 0 Å². The van der Waals surface area contributed by atoms with Crippen LogP contribution in [0.15, 0.2) is 53.0 Å². The van der Waals surface area contributed by atoms with Gasteiger partial charge in [0.05, 0.1) is 18.0 Å². The number of fused-ring (bicyclic) bond motifs is 2. The number of halogens is 3. The maximum absolute atomic E-state index is 13.7. The monoisotopic (exact) mass is 459 g/mol. The Labute approximate surface area is 191 Å². The molecule has 0 radical (unpaired) electrons. The van der Waals surface area contributed by atoms with Crippen LogP contribution >= 0.6 is 0 Å². The molecule has 1 unspecified atom stereocenters. The van der Waals surface area contributed by atoms with Crippen LogP contribution in [0.2, 0.25) is 0 Å². The average molecular weight is 460 g/mol. The molecule has 1 fully saturated rings. The number of hydrogen-bond acceptors (Lipinski definition) is 3. The lowest BCUT2D eigenvalue weighted by molar-refractivity contribution is -0.139. The second-order valence-corrected chi connectivity index (χ2v) is 9.55. The van der Waals surface area contributed by atoms with E-state index in [1.807, 2.05) is 12.2 Å². The fourth-order valence-electron chi connectivity index (χ4n) is 5.86. The van der Waals surface area contributed by atoms with Gasteiger partial charge in [-0.05, 0) is 78.5 Å². The van der Waals surface area contributed by atoms with Gasteiger partial charge in [0.15, 0.2) is 0 Å². The Balaban J connectivity index is 1.30. The molecule has 4 nitrogen and oxygen atoms in total. The summed E-state index contributed by atoms with van der Waals surface area (Å²) in [5.74, 6) is -0.119. The Bertz CT molecular complexity index is 1050. The van der Waals surface area contributed by atoms with E-state index in [1.54, 1.807) is 12.1 Å². The Morgan fingerprint density at radius 2 is 1.97 bits per heavy atom. The molecule has 33 heavy (non-hydrogen) atoms. The van der Waals surface area contributed by atoms with Crippen LogP contribution in [0.1, 0.15) is 74.0 Å². The number of allylic oxidation sites excluding steroid dienone is 2. The summed E-state index contributed by atoms with van der Waals surface area (Å²) in [6.07, 6.45) is 5.65. The second kappa shape index (κ2) is 8.58. The number of nitrogens with one attached hydrogen (secondary N) is 1. The molecular formula is C26H28F3NO3. The summed E-state index contributed by atoms with van der Waals surface area (Å²) in [5, 5.41) is 12.6. The van der Waals surface area contributed by atoms with Crippen molar-refractivity contribution in [3.8, 4) is 0 Å². The van der Waals surface area contributed by atoms with Gasteiger partial charge in [-0.1, -0.05) is 25.0 Å². The van der Waals surface area contributed by atoms with Crippen LogP contribution in [0.3, 0.4) is 0 Å². The predicted octanol–water partition coefficient (Wildman–Crippen LogP) is 6.20. The highest BCUT2D eigenvalue weighted by Gasteiger charge is 2.39. The highest BCUT2D eigenvalue weighted by molar-refractivity contribution is 5.68. The summed E-state index contributed by atoms with van der Waals surface area (Å²) >= 11 is 0. The number of hydrogen-bond donors (Lipinski definition) is 2. The van der Waals surface area contributed by atoms with Crippen molar-refractivity contribution in [3.05, 3.63) is 69.6 Å². The average Bonchev–Trinajstić information content (AvgIpc) is 3.49. The van der Waals surface area contributed by atoms with E-state index in [-0.39, 0.29) is 30.9 Å². The van der Waals surface area contributed by atoms with Gasteiger partial charge in [-0.25, -0.2) is 0 Å². The van der Waals surface area contributed by atoms with Gasteiger partial charge in [0.1, 0.15) is 12.4 Å². The molecule has 0 saturated heterocycles. The van der Waals surface area contributed by atoms with Gasteiger partial charge in [0.25, 0.3) is 0 Å². The summed E-state index contributed by atoms with van der Waals surface area (Å²) in [7, 11) is 0. The van der Waals surface area contributed by atoms with Gasteiger partial charge in [-0.3, -0.25) is 4.79 Å². The minimum absolute atomic E-state index is 0.00647. The van der Waals surface area contributed by atoms with Gasteiger partial charge >= 0.3 is 12.1 Å². The minimum Gasteiger partial charge on any atom is -0.489 e. The Kier molecular flexibility index (Phi) is 5.75. The minimum atomic E-state index is -4.37. The first-order valence-electron chi connectivity index (χ1n) is 11.8. The van der Waals surface area contributed by atoms with Crippen molar-refractivity contribution in [2.24, 2.45) is 5.92 Å². The molecule has 1 aromatic carbocycles. The molecule has 4 aliphatic rings. The molecule has 0 amide bonds. The molecule has 2 N–H and O–H groups in total. The molecule has 1 aromatic rings. The van der Waals surface area contributed by atoms with E-state index in [0.717, 1.165) is 49.8 Å². The van der Waals surface area contributed by atoms with Crippen LogP contribution in [-0.2, 0) is 22.3 Å². The Morgan fingerprint density at radius 3 is 2.70 bits per heavy atom. The number of carbonyl (C=O) groups is 1. The number of benzene rings is 1. The van der Waals surface area contributed by atoms with Crippen molar-refractivity contribution in [3.63, 3.8) is 0 Å². The summed E-state index contributed by atoms with van der Waals surface area (Å²) in [6, 6.07) is 4.77. The van der Waals surface area contributed by atoms with Gasteiger partial charge in [-0.2, -0.15) is 13.2 Å². The lowest BCUT2D eigenvalue weighted by Crippen LogP contribution is -2.28. The van der Waals surface area contributed by atoms with Crippen molar-refractivity contribution in [1.82, 2.24) is 5.32 Å². The van der Waals surface area contributed by atoms with Crippen molar-refractivity contribution in [1.29, 1.82) is 0 Å². The smallest absolute Gasteiger partial charge is 0.416 e. The lowest BCUT2D eigenvalue weighted by atomic mass is 9.91. The predicted molar refractivity (Wildman–Crippen MR) is 117 cm³/mol. The lowest BCUT2D eigenvalue weighted by Gasteiger charge is -2.23. The van der Waals surface area contributed by atoms with E-state index in [0.29, 0.717) is 23.3 Å². The molecule has 3 aliphatic carbocycles. The standard InChI is InChI=1S/C26H28F3NO3/c27-26(28,29)22-11-15(5-8-19(22)16-3-1-2-4-16)14-33-18-7-10-23-21(13-18)20-9-6-17(12-24(31)32)25(20)30-23/h5,7-8,11,13,16-17,23,30H,1-4,6,9-10,12,14H2,(H,31,32)/t17-,23?/m0/s1. The number of carboxylic acid groups (broad SMARTS) is 1. The third-order valence-corrected chi connectivity index (χ3v) is 7.43. The Hall–Kier alpha value is -2.70. The molecule has 0 spiro atoms. The van der Waals surface area contributed by atoms with Crippen LogP contribution in [0, 0.1) is 5.92 Å². The summed E-state index contributed by atoms with van der Waals surface area (Å²) < 4.78 is 47.2. The number of ether oxygens (including phenoxy) is 1. The van der Waals surface area contributed by atoms with E-state index in [1.165, 1.54) is 11.6 Å². The van der Waals surface area contributed by atoms with Crippen molar-refractivity contribution in [2.75, 3.05) is 0 Å². The first-order valence-corrected chi connectivity index (χ1v) is 11.8. The summed E-state index contributed by atoms with van der Waals surface area (Å²) in [4.78, 5) is 11.1. The molecule has 1 heterocycles. The SMILES string of the molecule is O=C(O)C[C@@H]1CCC2=C1NC1CC=C(OCc3ccc(C4CCCC4)c(C(F)(F)F)c3)C=C21. The Morgan fingerprint density at radius 1 is 1.18 bits per heavy atom. The third kappa shape index (κ3) is 4.42. The maximum atomic E-state index is 13.7. The third-order valence-electron chi connectivity index (χ3n) is 7.43. The molecule has 0 aromatic heterocycles. The zero-order chi connectivity index (χ0) is 23.2. The van der Waals surface area contributed by atoms with E-state index in [4.69, 9.17) is 9.84 Å². The molecule has 176 valence electrons. The van der Waals surface area contributed by atoms with E-state index < -0.39 is 17.7 Å². The highest BCUT2D eigenvalue weighted by Crippen LogP contribution is 2.45. The normalized spacial score (nSPS) is 24.8. The number of alkyl halides is 3. The molecule has 2 atom stereocenters. The first kappa shape index (κ1) is 22.1. The maximum Gasteiger partial charge on any atom is 0.416 e. The molecule has 0 bridgehead atoms. The van der Waals surface area contributed by atoms with Crippen LogP contribution < -0.4 is 5.32 Å². The summed E-state index contributed by atoms with van der Waals surface area (Å²) in [5.41, 5.74) is 3.75. The van der Waals surface area contributed by atoms with Gasteiger partial charge in [0, 0.05) is 11.6 Å². The van der Waals surface area contributed by atoms with E-state index in [9.17, 15) is 18.0 Å². The zero-order valence-electron chi connectivity index (χ0n) is 18.4. The van der Waals surface area contributed by atoms with Crippen molar-refractivity contribution in [2.45, 2.75) is 76.1 Å². The first-order chi connectivity index (χ1) is 15.8. The van der Waals surface area contributed by atoms with Gasteiger partial charge in [-0.15, -0.1) is 0 Å². The largest absolute Gasteiger partial charge is 0.489 e. The zero-order valence-corrected chi connectivity index (χ0v) is 18.4. The van der Waals surface area contributed by atoms with E-state index in [2.05, 4.69) is 5.32 Å². The fraction of sp³-hybridized carbons (Fsp3) is 0.500. The van der Waals surface area contributed by atoms with E-state index >= 15 is 0 Å². The number of aliphatic carboxylic acids is 1. The highest BCUT2D eigenvalue weighted by atomic mass is 19.4. The van der Waals surface area contributed by atoms with Crippen LogP contribution in [-0.4, -0.2) is 17.1 Å². The quantitative estimate of drug-likeness (QED) is 0.532. The molecular weight excluding hydrogens is 431 g/mol. The molecule has 7 heteroatoms. The fourth-order valence-corrected chi connectivity index (χ4v) is 5.86. The van der Waals surface area contributed by atoms with Crippen molar-refractivity contribution < 1.29 is 27.8 Å². The van der Waals surface area contributed by atoms with Gasteiger partial charge in [0.2, 0.25) is 0 Å². The molecule has 1 saturated carbocycles. The topological polar surface area (TPSA) is 58.6 Å².